The minimum absolute atomic E-state index is 0.542. The molecule has 2 heterocycles. The summed E-state index contributed by atoms with van der Waals surface area (Å²) in [5.74, 6) is 0.542. The van der Waals surface area contributed by atoms with E-state index in [0.29, 0.717) is 12.5 Å². The second-order valence-corrected chi connectivity index (χ2v) is 4.36. The third-order valence-corrected chi connectivity index (χ3v) is 2.98. The van der Waals surface area contributed by atoms with Crippen LogP contribution in [0.25, 0.3) is 10.9 Å². The molecule has 0 unspecified atom stereocenters. The zero-order valence-electron chi connectivity index (χ0n) is 10.2. The number of nitrogens with zero attached hydrogens (tertiary/aromatic N) is 3. The summed E-state index contributed by atoms with van der Waals surface area (Å²) in [7, 11) is 0. The number of hydrogen-bond donors (Lipinski definition) is 1. The smallest absolute Gasteiger partial charge is 0.200 e. The van der Waals surface area contributed by atoms with Crippen molar-refractivity contribution in [3.63, 3.8) is 0 Å². The number of hydrogen-bond acceptors (Lipinski definition) is 3. The first-order chi connectivity index (χ1) is 8.74. The number of rotatable bonds is 2. The Kier molecular flexibility index (Phi) is 2.48. The van der Waals surface area contributed by atoms with E-state index in [0.717, 1.165) is 22.2 Å². The average molecular weight is 238 g/mol. The van der Waals surface area contributed by atoms with Gasteiger partial charge in [0, 0.05) is 17.8 Å². The van der Waals surface area contributed by atoms with Crippen LogP contribution in [-0.4, -0.2) is 14.5 Å². The van der Waals surface area contributed by atoms with E-state index in [1.807, 2.05) is 36.0 Å². The lowest BCUT2D eigenvalue weighted by Crippen LogP contribution is -2.04. The summed E-state index contributed by atoms with van der Waals surface area (Å²) >= 11 is 0. The number of benzene rings is 1. The highest BCUT2D eigenvalue weighted by molar-refractivity contribution is 5.81. The van der Waals surface area contributed by atoms with Crippen molar-refractivity contribution < 1.29 is 0 Å². The van der Waals surface area contributed by atoms with Gasteiger partial charge in [-0.1, -0.05) is 24.3 Å². The number of fused-ring (bicyclic) bond motifs is 1. The van der Waals surface area contributed by atoms with E-state index >= 15 is 0 Å². The standard InChI is InChI=1S/C14H14N4/c1-10-8-18(14(15)17-10)9-12-5-2-4-11-6-3-7-16-13(11)12/h2-8H,9H2,1H3,(H2,15,17). The van der Waals surface area contributed by atoms with Crippen LogP contribution in [0.15, 0.2) is 42.7 Å². The molecule has 4 nitrogen and oxygen atoms in total. The van der Waals surface area contributed by atoms with Crippen LogP contribution in [0.3, 0.4) is 0 Å². The highest BCUT2D eigenvalue weighted by atomic mass is 15.1. The molecule has 0 aliphatic carbocycles. The highest BCUT2D eigenvalue weighted by Gasteiger charge is 2.06. The Morgan fingerprint density at radius 1 is 1.22 bits per heavy atom. The van der Waals surface area contributed by atoms with Gasteiger partial charge in [0.25, 0.3) is 0 Å². The normalized spacial score (nSPS) is 10.9. The predicted molar refractivity (Wildman–Crippen MR) is 72.2 cm³/mol. The van der Waals surface area contributed by atoms with E-state index in [1.54, 1.807) is 0 Å². The molecule has 0 aliphatic rings. The molecule has 0 saturated carbocycles. The summed E-state index contributed by atoms with van der Waals surface area (Å²) < 4.78 is 1.94. The molecule has 4 heteroatoms. The quantitative estimate of drug-likeness (QED) is 0.745. The molecule has 0 atom stereocenters. The lowest BCUT2D eigenvalue weighted by atomic mass is 10.1. The molecule has 3 rings (SSSR count). The lowest BCUT2D eigenvalue weighted by Gasteiger charge is -2.07. The van der Waals surface area contributed by atoms with Crippen molar-refractivity contribution in [1.82, 2.24) is 14.5 Å². The minimum atomic E-state index is 0.542. The molecule has 90 valence electrons. The van der Waals surface area contributed by atoms with Gasteiger partial charge in [-0.25, -0.2) is 4.98 Å². The zero-order valence-corrected chi connectivity index (χ0v) is 10.2. The molecule has 2 aromatic heterocycles. The molecular weight excluding hydrogens is 224 g/mol. The summed E-state index contributed by atoms with van der Waals surface area (Å²) in [5, 5.41) is 1.14. The van der Waals surface area contributed by atoms with E-state index in [9.17, 15) is 0 Å². The number of nitrogens with two attached hydrogens (primary N) is 1. The summed E-state index contributed by atoms with van der Waals surface area (Å²) in [6.07, 6.45) is 3.77. The van der Waals surface area contributed by atoms with Gasteiger partial charge in [-0.3, -0.25) is 4.98 Å². The Morgan fingerprint density at radius 2 is 2.06 bits per heavy atom. The van der Waals surface area contributed by atoms with Crippen molar-refractivity contribution in [2.45, 2.75) is 13.5 Å². The first kappa shape index (κ1) is 10.8. The van der Waals surface area contributed by atoms with Crippen LogP contribution >= 0.6 is 0 Å². The predicted octanol–water partition coefficient (Wildman–Crippen LogP) is 2.37. The van der Waals surface area contributed by atoms with Crippen molar-refractivity contribution >= 4 is 16.9 Å². The fourth-order valence-corrected chi connectivity index (χ4v) is 2.17. The van der Waals surface area contributed by atoms with Crippen LogP contribution in [0, 0.1) is 6.92 Å². The highest BCUT2D eigenvalue weighted by Crippen LogP contribution is 2.18. The van der Waals surface area contributed by atoms with Crippen LogP contribution in [0.5, 0.6) is 0 Å². The van der Waals surface area contributed by atoms with Gasteiger partial charge in [-0.15, -0.1) is 0 Å². The SMILES string of the molecule is Cc1cn(Cc2cccc3cccnc23)c(N)n1. The number of imidazole rings is 1. The van der Waals surface area contributed by atoms with E-state index < -0.39 is 0 Å². The van der Waals surface area contributed by atoms with Crippen molar-refractivity contribution in [3.05, 3.63) is 54.0 Å². The third kappa shape index (κ3) is 1.82. The van der Waals surface area contributed by atoms with Gasteiger partial charge < -0.3 is 10.3 Å². The molecule has 0 saturated heterocycles. The Balaban J connectivity index is 2.07. The van der Waals surface area contributed by atoms with E-state index in [1.165, 1.54) is 0 Å². The Hall–Kier alpha value is -2.36. The molecule has 3 aromatic rings. The zero-order chi connectivity index (χ0) is 12.5. The number of nitrogen functional groups attached to an aromatic ring is 1. The van der Waals surface area contributed by atoms with Gasteiger partial charge in [-0.2, -0.15) is 0 Å². The van der Waals surface area contributed by atoms with Crippen LogP contribution in [0.4, 0.5) is 5.95 Å². The van der Waals surface area contributed by atoms with Crippen molar-refractivity contribution in [2.75, 3.05) is 5.73 Å². The Labute approximate surface area is 105 Å². The maximum absolute atomic E-state index is 5.86. The molecule has 2 N–H and O–H groups in total. The molecule has 0 aliphatic heterocycles. The average Bonchev–Trinajstić information content (AvgIpc) is 2.68. The largest absolute Gasteiger partial charge is 0.369 e. The first-order valence-electron chi connectivity index (χ1n) is 5.86. The number of aromatic nitrogens is 3. The van der Waals surface area contributed by atoms with Gasteiger partial charge in [0.05, 0.1) is 17.8 Å². The number of para-hydroxylation sites is 1. The van der Waals surface area contributed by atoms with Crippen molar-refractivity contribution in [3.8, 4) is 0 Å². The van der Waals surface area contributed by atoms with Gasteiger partial charge >= 0.3 is 0 Å². The minimum Gasteiger partial charge on any atom is -0.369 e. The Morgan fingerprint density at radius 3 is 2.83 bits per heavy atom. The van der Waals surface area contributed by atoms with Crippen LogP contribution in [0.1, 0.15) is 11.3 Å². The molecule has 0 radical (unpaired) electrons. The number of anilines is 1. The van der Waals surface area contributed by atoms with E-state index in [4.69, 9.17) is 5.73 Å². The van der Waals surface area contributed by atoms with Gasteiger partial charge in [0.15, 0.2) is 0 Å². The second kappa shape index (κ2) is 4.14. The number of aryl methyl sites for hydroxylation is 1. The molecule has 0 spiro atoms. The van der Waals surface area contributed by atoms with Gasteiger partial charge in [0.1, 0.15) is 0 Å². The van der Waals surface area contributed by atoms with Crippen molar-refractivity contribution in [1.29, 1.82) is 0 Å². The molecular formula is C14H14N4. The summed E-state index contributed by atoms with van der Waals surface area (Å²) in [6, 6.07) is 10.2. The van der Waals surface area contributed by atoms with Crippen molar-refractivity contribution in [2.24, 2.45) is 0 Å². The van der Waals surface area contributed by atoms with Crippen LogP contribution in [-0.2, 0) is 6.54 Å². The summed E-state index contributed by atoms with van der Waals surface area (Å²) in [4.78, 5) is 8.65. The fourth-order valence-electron chi connectivity index (χ4n) is 2.17. The van der Waals surface area contributed by atoms with E-state index in [-0.39, 0.29) is 0 Å². The third-order valence-electron chi connectivity index (χ3n) is 2.98. The Bertz CT molecular complexity index is 695. The maximum atomic E-state index is 5.86. The molecule has 1 aromatic carbocycles. The number of pyridine rings is 1. The molecule has 0 amide bonds. The molecule has 0 fully saturated rings. The van der Waals surface area contributed by atoms with Gasteiger partial charge in [-0.05, 0) is 18.6 Å². The lowest BCUT2D eigenvalue weighted by molar-refractivity contribution is 0.814. The van der Waals surface area contributed by atoms with Crippen LogP contribution < -0.4 is 5.73 Å². The monoisotopic (exact) mass is 238 g/mol. The summed E-state index contributed by atoms with van der Waals surface area (Å²) in [6.45, 7) is 2.63. The van der Waals surface area contributed by atoms with Gasteiger partial charge in [0.2, 0.25) is 5.95 Å². The maximum Gasteiger partial charge on any atom is 0.200 e. The van der Waals surface area contributed by atoms with E-state index in [2.05, 4.69) is 28.2 Å². The second-order valence-electron chi connectivity index (χ2n) is 4.36. The molecule has 0 bridgehead atoms. The fraction of sp³-hybridized carbons (Fsp3) is 0.143. The summed E-state index contributed by atoms with van der Waals surface area (Å²) in [5.41, 5.74) is 8.97. The van der Waals surface area contributed by atoms with Crippen LogP contribution in [0.2, 0.25) is 0 Å². The molecule has 18 heavy (non-hydrogen) atoms. The first-order valence-corrected chi connectivity index (χ1v) is 5.86. The topological polar surface area (TPSA) is 56.7 Å².